The molecule has 0 aromatic heterocycles. The summed E-state index contributed by atoms with van der Waals surface area (Å²) < 4.78 is 4.67. The van der Waals surface area contributed by atoms with E-state index in [0.29, 0.717) is 12.2 Å². The minimum atomic E-state index is -0.471. The van der Waals surface area contributed by atoms with Crippen molar-refractivity contribution < 1.29 is 45.3 Å². The standard InChI is InChI=1S/C11H12O3.Na.H/c1-2-14-11(13)8-10(12)9-6-4-3-5-7-9;;/h3-7H,2,8H2,1H3;;/q;+1;-1. The number of benzene rings is 1. The summed E-state index contributed by atoms with van der Waals surface area (Å²) in [6.07, 6.45) is -0.183. The van der Waals surface area contributed by atoms with Crippen molar-refractivity contribution in [2.75, 3.05) is 6.61 Å². The van der Waals surface area contributed by atoms with Crippen LogP contribution in [0.25, 0.3) is 0 Å². The number of carbonyl (C=O) groups excluding carboxylic acids is 2. The Bertz CT molecular complexity index is 327. The van der Waals surface area contributed by atoms with Gasteiger partial charge in [0, 0.05) is 5.56 Å². The molecule has 1 rings (SSSR count). The summed E-state index contributed by atoms with van der Waals surface area (Å²) in [5.41, 5.74) is 0.542. The van der Waals surface area contributed by atoms with Crippen molar-refractivity contribution in [3.63, 3.8) is 0 Å². The van der Waals surface area contributed by atoms with Gasteiger partial charge < -0.3 is 6.16 Å². The fourth-order valence-electron chi connectivity index (χ4n) is 1.07. The van der Waals surface area contributed by atoms with Crippen LogP contribution in [-0.4, -0.2) is 18.4 Å². The van der Waals surface area contributed by atoms with Crippen LogP contribution >= 0.6 is 0 Å². The Hall–Kier alpha value is -0.640. The molecule has 0 aliphatic carbocycles. The maximum absolute atomic E-state index is 11.4. The van der Waals surface area contributed by atoms with E-state index in [4.69, 9.17) is 0 Å². The Kier molecular flexibility index (Phi) is 7.30. The van der Waals surface area contributed by atoms with E-state index in [2.05, 4.69) is 4.74 Å². The van der Waals surface area contributed by atoms with Gasteiger partial charge in [0.2, 0.25) is 0 Å². The molecule has 4 heteroatoms. The first-order valence-corrected chi connectivity index (χ1v) is 4.48. The SMILES string of the molecule is CCOC(=O)CC(=O)c1ccccc1.[H-].[Na+]. The van der Waals surface area contributed by atoms with Crippen LogP contribution in [0.5, 0.6) is 0 Å². The Morgan fingerprint density at radius 3 is 2.40 bits per heavy atom. The zero-order valence-corrected chi connectivity index (χ0v) is 11.0. The number of ether oxygens (including phenoxy) is 1. The molecule has 3 nitrogen and oxygen atoms in total. The molecular weight excluding hydrogens is 203 g/mol. The summed E-state index contributed by atoms with van der Waals surface area (Å²) in [5, 5.41) is 0. The zero-order valence-electron chi connectivity index (χ0n) is 10.0. The summed E-state index contributed by atoms with van der Waals surface area (Å²) >= 11 is 0. The summed E-state index contributed by atoms with van der Waals surface area (Å²) in [6, 6.07) is 8.71. The monoisotopic (exact) mass is 216 g/mol. The van der Waals surface area contributed by atoms with Gasteiger partial charge in [0.15, 0.2) is 5.78 Å². The van der Waals surface area contributed by atoms with Crippen molar-refractivity contribution in [1.82, 2.24) is 0 Å². The first kappa shape index (κ1) is 14.4. The Morgan fingerprint density at radius 2 is 1.87 bits per heavy atom. The predicted octanol–water partition coefficient (Wildman–Crippen LogP) is -1.06. The van der Waals surface area contributed by atoms with Gasteiger partial charge in [-0.15, -0.1) is 0 Å². The van der Waals surface area contributed by atoms with E-state index in [1.807, 2.05) is 6.07 Å². The molecule has 0 aliphatic rings. The number of ketones is 1. The third-order valence-electron chi connectivity index (χ3n) is 1.71. The molecule has 0 aliphatic heterocycles. The van der Waals surface area contributed by atoms with Crippen LogP contribution in [-0.2, 0) is 9.53 Å². The summed E-state index contributed by atoms with van der Waals surface area (Å²) in [6.45, 7) is 2.02. The average Bonchev–Trinajstić information content (AvgIpc) is 2.19. The molecule has 0 fully saturated rings. The second-order valence-electron chi connectivity index (χ2n) is 2.77. The molecular formula is C11H13NaO3. The number of esters is 1. The number of hydrogen-bond donors (Lipinski definition) is 0. The average molecular weight is 216 g/mol. The fourth-order valence-corrected chi connectivity index (χ4v) is 1.07. The number of Topliss-reactive ketones (excluding diaryl/α,β-unsaturated/α-hetero) is 1. The largest absolute Gasteiger partial charge is 1.00 e. The topological polar surface area (TPSA) is 43.4 Å². The molecule has 0 saturated carbocycles. The molecule has 0 amide bonds. The Balaban J connectivity index is 0. The number of rotatable bonds is 4. The van der Waals surface area contributed by atoms with Gasteiger partial charge in [-0.1, -0.05) is 30.3 Å². The van der Waals surface area contributed by atoms with Crippen LogP contribution in [0.2, 0.25) is 0 Å². The maximum atomic E-state index is 11.4. The minimum absolute atomic E-state index is 0. The summed E-state index contributed by atoms with van der Waals surface area (Å²) in [5.74, 6) is -0.676. The van der Waals surface area contributed by atoms with Gasteiger partial charge in [-0.25, -0.2) is 0 Å². The van der Waals surface area contributed by atoms with Gasteiger partial charge in [-0.05, 0) is 6.92 Å². The minimum Gasteiger partial charge on any atom is -1.00 e. The van der Waals surface area contributed by atoms with E-state index in [1.54, 1.807) is 31.2 Å². The number of carbonyl (C=O) groups is 2. The molecule has 1 aromatic carbocycles. The van der Waals surface area contributed by atoms with Gasteiger partial charge in [-0.3, -0.25) is 9.59 Å². The van der Waals surface area contributed by atoms with E-state index in [0.717, 1.165) is 0 Å². The van der Waals surface area contributed by atoms with Crippen molar-refractivity contribution in [3.8, 4) is 0 Å². The van der Waals surface area contributed by atoms with Crippen LogP contribution < -0.4 is 29.6 Å². The summed E-state index contributed by atoms with van der Waals surface area (Å²) in [4.78, 5) is 22.4. The van der Waals surface area contributed by atoms with Crippen LogP contribution in [0, 0.1) is 0 Å². The quantitative estimate of drug-likeness (QED) is 0.279. The second-order valence-corrected chi connectivity index (χ2v) is 2.77. The van der Waals surface area contributed by atoms with Crippen molar-refractivity contribution in [2.24, 2.45) is 0 Å². The van der Waals surface area contributed by atoms with Gasteiger partial charge in [0.05, 0.1) is 6.61 Å². The molecule has 0 bridgehead atoms. The molecule has 0 radical (unpaired) electrons. The van der Waals surface area contributed by atoms with Crippen molar-refractivity contribution >= 4 is 11.8 Å². The van der Waals surface area contributed by atoms with Crippen LogP contribution in [0.1, 0.15) is 25.1 Å². The molecule has 0 heterocycles. The maximum Gasteiger partial charge on any atom is 1.00 e. The molecule has 0 saturated heterocycles. The molecule has 0 N–H and O–H groups in total. The van der Waals surface area contributed by atoms with Gasteiger partial charge in [0.1, 0.15) is 6.42 Å². The van der Waals surface area contributed by atoms with Crippen molar-refractivity contribution in [1.29, 1.82) is 0 Å². The molecule has 15 heavy (non-hydrogen) atoms. The van der Waals surface area contributed by atoms with Crippen molar-refractivity contribution in [3.05, 3.63) is 35.9 Å². The molecule has 1 aromatic rings. The Labute approximate surface area is 113 Å². The van der Waals surface area contributed by atoms with E-state index in [1.165, 1.54) is 0 Å². The van der Waals surface area contributed by atoms with Gasteiger partial charge >= 0.3 is 35.5 Å². The van der Waals surface area contributed by atoms with E-state index >= 15 is 0 Å². The molecule has 0 atom stereocenters. The first-order chi connectivity index (χ1) is 6.74. The summed E-state index contributed by atoms with van der Waals surface area (Å²) in [7, 11) is 0. The molecule has 0 spiro atoms. The van der Waals surface area contributed by atoms with Crippen LogP contribution in [0.3, 0.4) is 0 Å². The fraction of sp³-hybridized carbons (Fsp3) is 0.273. The smallest absolute Gasteiger partial charge is 1.00 e. The van der Waals surface area contributed by atoms with Gasteiger partial charge in [0.25, 0.3) is 0 Å². The third kappa shape index (κ3) is 5.11. The Morgan fingerprint density at radius 1 is 1.27 bits per heavy atom. The van der Waals surface area contributed by atoms with E-state index < -0.39 is 5.97 Å². The third-order valence-corrected chi connectivity index (χ3v) is 1.71. The van der Waals surface area contributed by atoms with E-state index in [-0.39, 0.29) is 43.2 Å². The molecule has 0 unspecified atom stereocenters. The van der Waals surface area contributed by atoms with E-state index in [9.17, 15) is 9.59 Å². The van der Waals surface area contributed by atoms with Gasteiger partial charge in [-0.2, -0.15) is 0 Å². The van der Waals surface area contributed by atoms with Crippen molar-refractivity contribution in [2.45, 2.75) is 13.3 Å². The normalized spacial score (nSPS) is 8.87. The number of hydrogen-bond acceptors (Lipinski definition) is 3. The second kappa shape index (κ2) is 7.63. The first-order valence-electron chi connectivity index (χ1n) is 4.48. The van der Waals surface area contributed by atoms with Crippen LogP contribution in [0.4, 0.5) is 0 Å². The molecule has 76 valence electrons. The predicted molar refractivity (Wildman–Crippen MR) is 53.1 cm³/mol. The van der Waals surface area contributed by atoms with Crippen LogP contribution in [0.15, 0.2) is 30.3 Å². The zero-order chi connectivity index (χ0) is 10.4.